The van der Waals surface area contributed by atoms with E-state index in [1.54, 1.807) is 7.05 Å². The average molecular weight is 335 g/mol. The van der Waals surface area contributed by atoms with Gasteiger partial charge in [0, 0.05) is 11.5 Å². The number of benzene rings is 1. The van der Waals surface area contributed by atoms with Gasteiger partial charge in [0.25, 0.3) is 5.91 Å². The second-order valence-corrected chi connectivity index (χ2v) is 5.97. The molecule has 0 atom stereocenters. The summed E-state index contributed by atoms with van der Waals surface area (Å²) in [6.07, 6.45) is 4.51. The molecule has 104 valence electrons. The molecule has 1 saturated carbocycles. The van der Waals surface area contributed by atoms with Crippen molar-refractivity contribution in [2.45, 2.75) is 24.8 Å². The summed E-state index contributed by atoms with van der Waals surface area (Å²) in [5, 5.41) is 7.16. The van der Waals surface area contributed by atoms with Crippen LogP contribution in [0.5, 0.6) is 0 Å². The fourth-order valence-electron chi connectivity index (χ4n) is 2.56. The van der Waals surface area contributed by atoms with Gasteiger partial charge in [-0.3, -0.25) is 9.48 Å². The van der Waals surface area contributed by atoms with Crippen molar-refractivity contribution in [1.82, 2.24) is 20.1 Å². The summed E-state index contributed by atoms with van der Waals surface area (Å²) in [6.45, 7) is 0. The molecular weight excluding hydrogens is 320 g/mol. The highest BCUT2D eigenvalue weighted by Gasteiger charge is 2.41. The van der Waals surface area contributed by atoms with Gasteiger partial charge in [-0.2, -0.15) is 0 Å². The van der Waals surface area contributed by atoms with Gasteiger partial charge in [-0.05, 0) is 30.9 Å². The summed E-state index contributed by atoms with van der Waals surface area (Å²) in [6, 6.07) is 8.02. The van der Waals surface area contributed by atoms with E-state index in [9.17, 15) is 4.79 Å². The second kappa shape index (κ2) is 5.01. The Morgan fingerprint density at radius 3 is 2.70 bits per heavy atom. The lowest BCUT2D eigenvalue weighted by molar-refractivity contribution is 0.0811. The van der Waals surface area contributed by atoms with E-state index in [4.69, 9.17) is 0 Å². The molecule has 1 amide bonds. The van der Waals surface area contributed by atoms with Crippen LogP contribution in [0.1, 0.15) is 35.4 Å². The van der Waals surface area contributed by atoms with Gasteiger partial charge >= 0.3 is 0 Å². The highest BCUT2D eigenvalue weighted by atomic mass is 79.9. The highest BCUT2D eigenvalue weighted by molar-refractivity contribution is 9.10. The van der Waals surface area contributed by atoms with E-state index in [2.05, 4.69) is 37.4 Å². The zero-order valence-corrected chi connectivity index (χ0v) is 12.7. The molecule has 0 unspecified atom stereocenters. The normalized spacial score (nSPS) is 16.5. The van der Waals surface area contributed by atoms with Crippen LogP contribution in [-0.4, -0.2) is 20.7 Å². The van der Waals surface area contributed by atoms with Crippen molar-refractivity contribution in [3.05, 3.63) is 46.5 Å². The zero-order valence-electron chi connectivity index (χ0n) is 11.1. The number of nitrogens with one attached hydrogen (secondary N) is 1. The summed E-state index contributed by atoms with van der Waals surface area (Å²) in [4.78, 5) is 16.3. The van der Waals surface area contributed by atoms with Crippen LogP contribution in [0.25, 0.3) is 0 Å². The van der Waals surface area contributed by atoms with Crippen molar-refractivity contribution in [2.75, 3.05) is 0 Å². The number of nitrogens with zero attached hydrogens (tertiary/aromatic N) is 3. The molecule has 1 aliphatic carbocycles. The molecule has 0 bridgehead atoms. The van der Waals surface area contributed by atoms with Crippen molar-refractivity contribution in [1.29, 1.82) is 0 Å². The fourth-order valence-corrected chi connectivity index (χ4v) is 3.22. The second-order valence-electron chi connectivity index (χ2n) is 5.11. The summed E-state index contributed by atoms with van der Waals surface area (Å²) < 4.78 is 2.55. The molecule has 1 N–H and O–H groups in total. The zero-order chi connectivity index (χ0) is 14.2. The van der Waals surface area contributed by atoms with Gasteiger partial charge in [0.05, 0.1) is 5.54 Å². The summed E-state index contributed by atoms with van der Waals surface area (Å²) >= 11 is 3.57. The van der Waals surface area contributed by atoms with Crippen LogP contribution in [0.15, 0.2) is 35.1 Å². The molecule has 1 aliphatic rings. The summed E-state index contributed by atoms with van der Waals surface area (Å²) in [7, 11) is 1.75. The molecule has 0 spiro atoms. The molecule has 0 saturated heterocycles. The predicted molar refractivity (Wildman–Crippen MR) is 78.1 cm³/mol. The first-order valence-corrected chi connectivity index (χ1v) is 7.33. The number of rotatable bonds is 3. The number of hydrogen-bond donors (Lipinski definition) is 1. The molecular formula is C14H15BrN4O. The largest absolute Gasteiger partial charge is 0.340 e. The Kier molecular flexibility index (Phi) is 3.33. The molecule has 6 heteroatoms. The quantitative estimate of drug-likeness (QED) is 0.937. The number of aromatic nitrogens is 3. The predicted octanol–water partition coefficient (Wildman–Crippen LogP) is 2.39. The van der Waals surface area contributed by atoms with E-state index >= 15 is 0 Å². The number of hydrogen-bond acceptors (Lipinski definition) is 3. The third kappa shape index (κ3) is 2.24. The molecule has 1 heterocycles. The molecule has 3 rings (SSSR count). The van der Waals surface area contributed by atoms with Crippen LogP contribution in [0.4, 0.5) is 0 Å². The maximum Gasteiger partial charge on any atom is 0.291 e. The Bertz CT molecular complexity index is 648. The first kappa shape index (κ1) is 13.3. The third-order valence-corrected chi connectivity index (χ3v) is 4.44. The Morgan fingerprint density at radius 2 is 2.15 bits per heavy atom. The fraction of sp³-hybridized carbons (Fsp3) is 0.357. The van der Waals surface area contributed by atoms with Gasteiger partial charge in [-0.25, -0.2) is 4.98 Å². The van der Waals surface area contributed by atoms with Crippen molar-refractivity contribution < 1.29 is 4.79 Å². The van der Waals surface area contributed by atoms with Gasteiger partial charge in [-0.15, -0.1) is 5.10 Å². The lowest BCUT2D eigenvalue weighted by Gasteiger charge is -2.43. The lowest BCUT2D eigenvalue weighted by atomic mass is 9.71. The van der Waals surface area contributed by atoms with E-state index < -0.39 is 0 Å². The van der Waals surface area contributed by atoms with Crippen molar-refractivity contribution in [2.24, 2.45) is 7.05 Å². The minimum Gasteiger partial charge on any atom is -0.340 e. The van der Waals surface area contributed by atoms with Gasteiger partial charge in [-0.1, -0.05) is 34.1 Å². The van der Waals surface area contributed by atoms with Crippen molar-refractivity contribution in [3.8, 4) is 0 Å². The summed E-state index contributed by atoms with van der Waals surface area (Å²) in [5.74, 6) is -0.00752. The van der Waals surface area contributed by atoms with Crippen LogP contribution in [0.3, 0.4) is 0 Å². The Balaban J connectivity index is 1.87. The molecule has 2 aromatic rings. The van der Waals surface area contributed by atoms with Crippen LogP contribution in [0, 0.1) is 0 Å². The number of aryl methyl sites for hydroxylation is 1. The first-order valence-electron chi connectivity index (χ1n) is 6.54. The van der Waals surface area contributed by atoms with Gasteiger partial charge < -0.3 is 5.32 Å². The van der Waals surface area contributed by atoms with Crippen LogP contribution in [-0.2, 0) is 12.6 Å². The first-order chi connectivity index (χ1) is 9.61. The van der Waals surface area contributed by atoms with E-state index in [0.717, 1.165) is 29.3 Å². The topological polar surface area (TPSA) is 59.8 Å². The molecule has 0 aliphatic heterocycles. The Hall–Kier alpha value is -1.69. The standard InChI is InChI=1S/C14H15BrN4O/c1-19-9-16-12(18-19)13(20)17-14(7-4-8-14)10-5-2-3-6-11(10)15/h2-3,5-6,9H,4,7-8H2,1H3,(H,17,20). The number of carbonyl (C=O) groups excluding carboxylic acids is 1. The van der Waals surface area contributed by atoms with Gasteiger partial charge in [0.2, 0.25) is 5.82 Å². The van der Waals surface area contributed by atoms with Crippen LogP contribution >= 0.6 is 15.9 Å². The van der Waals surface area contributed by atoms with Crippen molar-refractivity contribution in [3.63, 3.8) is 0 Å². The average Bonchev–Trinajstić information content (AvgIpc) is 2.81. The minimum absolute atomic E-state index is 0.214. The molecule has 1 aromatic heterocycles. The maximum absolute atomic E-state index is 12.3. The monoisotopic (exact) mass is 334 g/mol. The lowest BCUT2D eigenvalue weighted by Crippen LogP contribution is -2.51. The van der Waals surface area contributed by atoms with E-state index in [1.165, 1.54) is 11.0 Å². The highest BCUT2D eigenvalue weighted by Crippen LogP contribution is 2.44. The Labute approximate surface area is 125 Å². The molecule has 1 fully saturated rings. The minimum atomic E-state index is -0.295. The van der Waals surface area contributed by atoms with E-state index in [0.29, 0.717) is 0 Å². The van der Waals surface area contributed by atoms with Crippen LogP contribution in [0.2, 0.25) is 0 Å². The third-order valence-electron chi connectivity index (χ3n) is 3.75. The van der Waals surface area contributed by atoms with Gasteiger partial charge in [0.15, 0.2) is 0 Å². The number of carbonyl (C=O) groups is 1. The number of amides is 1. The molecule has 5 nitrogen and oxygen atoms in total. The molecule has 1 aromatic carbocycles. The van der Waals surface area contributed by atoms with Crippen molar-refractivity contribution >= 4 is 21.8 Å². The molecule has 0 radical (unpaired) electrons. The number of halogens is 1. The van der Waals surface area contributed by atoms with E-state index in [1.807, 2.05) is 18.2 Å². The van der Waals surface area contributed by atoms with E-state index in [-0.39, 0.29) is 17.3 Å². The SMILES string of the molecule is Cn1cnc(C(=O)NC2(c3ccccc3Br)CCC2)n1. The smallest absolute Gasteiger partial charge is 0.291 e. The van der Waals surface area contributed by atoms with Gasteiger partial charge in [0.1, 0.15) is 6.33 Å². The molecule has 20 heavy (non-hydrogen) atoms. The van der Waals surface area contributed by atoms with Crippen LogP contribution < -0.4 is 5.32 Å². The Morgan fingerprint density at radius 1 is 1.40 bits per heavy atom. The maximum atomic E-state index is 12.3. The summed E-state index contributed by atoms with van der Waals surface area (Å²) in [5.41, 5.74) is 0.826.